The highest BCUT2D eigenvalue weighted by Gasteiger charge is 2.25. The third-order valence-electron chi connectivity index (χ3n) is 2.49. The van der Waals surface area contributed by atoms with Crippen LogP contribution in [-0.4, -0.2) is 34.2 Å². The van der Waals surface area contributed by atoms with E-state index in [0.29, 0.717) is 12.8 Å². The lowest BCUT2D eigenvalue weighted by atomic mass is 9.95. The van der Waals surface area contributed by atoms with Crippen molar-refractivity contribution in [3.05, 3.63) is 0 Å². The van der Waals surface area contributed by atoms with Crippen LogP contribution in [-0.2, 0) is 9.59 Å². The first kappa shape index (κ1) is 11.0. The Bertz CT molecular complexity index is 229. The maximum Gasteiger partial charge on any atom is 0.320 e. The van der Waals surface area contributed by atoms with Gasteiger partial charge in [-0.25, -0.2) is 0 Å². The number of piperidine rings is 1. The standard InChI is InChI=1S/C9H15NO4/c11-8(12)5-4-6-2-1-3-7(10-6)9(13)14/h6-7,10H,1-5H2,(H,11,12)(H,13,14). The van der Waals surface area contributed by atoms with Crippen LogP contribution in [0.25, 0.3) is 0 Å². The van der Waals surface area contributed by atoms with Crippen molar-refractivity contribution in [2.75, 3.05) is 0 Å². The van der Waals surface area contributed by atoms with Gasteiger partial charge in [-0.2, -0.15) is 0 Å². The molecule has 3 N–H and O–H groups in total. The summed E-state index contributed by atoms with van der Waals surface area (Å²) >= 11 is 0. The van der Waals surface area contributed by atoms with Gasteiger partial charge >= 0.3 is 11.9 Å². The molecule has 1 aliphatic heterocycles. The van der Waals surface area contributed by atoms with Crippen molar-refractivity contribution in [1.82, 2.24) is 5.32 Å². The Morgan fingerprint density at radius 2 is 2.00 bits per heavy atom. The fraction of sp³-hybridized carbons (Fsp3) is 0.778. The van der Waals surface area contributed by atoms with Gasteiger partial charge in [0.2, 0.25) is 0 Å². The molecule has 5 heteroatoms. The Hall–Kier alpha value is -1.10. The topological polar surface area (TPSA) is 86.6 Å². The summed E-state index contributed by atoms with van der Waals surface area (Å²) in [6.07, 6.45) is 2.98. The minimum atomic E-state index is -0.843. The first-order chi connectivity index (χ1) is 6.59. The highest BCUT2D eigenvalue weighted by molar-refractivity contribution is 5.73. The van der Waals surface area contributed by atoms with E-state index < -0.39 is 18.0 Å². The van der Waals surface area contributed by atoms with Crippen LogP contribution in [0, 0.1) is 0 Å². The summed E-state index contributed by atoms with van der Waals surface area (Å²) in [5, 5.41) is 20.2. The third-order valence-corrected chi connectivity index (χ3v) is 2.49. The maximum absolute atomic E-state index is 10.7. The molecule has 0 radical (unpaired) electrons. The van der Waals surface area contributed by atoms with Crippen LogP contribution in [0.15, 0.2) is 0 Å². The van der Waals surface area contributed by atoms with E-state index in [1.54, 1.807) is 0 Å². The molecule has 0 bridgehead atoms. The Kier molecular flexibility index (Phi) is 3.88. The summed E-state index contributed by atoms with van der Waals surface area (Å²) in [6.45, 7) is 0. The summed E-state index contributed by atoms with van der Waals surface area (Å²) in [6, 6.07) is -0.455. The molecular formula is C9H15NO4. The van der Waals surface area contributed by atoms with Crippen molar-refractivity contribution in [1.29, 1.82) is 0 Å². The van der Waals surface area contributed by atoms with Crippen LogP contribution in [0.5, 0.6) is 0 Å². The van der Waals surface area contributed by atoms with E-state index in [1.165, 1.54) is 0 Å². The molecule has 1 rings (SSSR count). The summed E-state index contributed by atoms with van der Waals surface area (Å²) in [4.78, 5) is 21.0. The number of carboxylic acid groups (broad SMARTS) is 2. The molecule has 2 atom stereocenters. The molecule has 0 spiro atoms. The second kappa shape index (κ2) is 4.95. The molecule has 2 unspecified atom stereocenters. The van der Waals surface area contributed by atoms with Gasteiger partial charge < -0.3 is 15.5 Å². The molecule has 0 amide bonds. The average molecular weight is 201 g/mol. The molecule has 0 aliphatic carbocycles. The van der Waals surface area contributed by atoms with Crippen molar-refractivity contribution < 1.29 is 19.8 Å². The summed E-state index contributed by atoms with van der Waals surface area (Å²) in [5.41, 5.74) is 0. The summed E-state index contributed by atoms with van der Waals surface area (Å²) in [7, 11) is 0. The Labute approximate surface area is 82.1 Å². The summed E-state index contributed by atoms with van der Waals surface area (Å²) < 4.78 is 0. The van der Waals surface area contributed by atoms with E-state index >= 15 is 0 Å². The quantitative estimate of drug-likeness (QED) is 0.614. The zero-order valence-electron chi connectivity index (χ0n) is 7.90. The van der Waals surface area contributed by atoms with Gasteiger partial charge in [-0.1, -0.05) is 0 Å². The molecule has 0 aromatic heterocycles. The Morgan fingerprint density at radius 3 is 2.57 bits per heavy atom. The molecule has 5 nitrogen and oxygen atoms in total. The van der Waals surface area contributed by atoms with E-state index in [1.807, 2.05) is 0 Å². The minimum absolute atomic E-state index is 0.0425. The van der Waals surface area contributed by atoms with E-state index in [-0.39, 0.29) is 12.5 Å². The van der Waals surface area contributed by atoms with E-state index in [4.69, 9.17) is 10.2 Å². The number of carboxylic acids is 2. The number of hydrogen-bond acceptors (Lipinski definition) is 3. The molecule has 80 valence electrons. The highest BCUT2D eigenvalue weighted by Crippen LogP contribution is 2.16. The molecule has 0 saturated carbocycles. The number of rotatable bonds is 4. The van der Waals surface area contributed by atoms with Gasteiger partial charge in [0, 0.05) is 12.5 Å². The maximum atomic E-state index is 10.7. The number of hydrogen-bond donors (Lipinski definition) is 3. The Morgan fingerprint density at radius 1 is 1.29 bits per heavy atom. The predicted molar refractivity (Wildman–Crippen MR) is 49.1 cm³/mol. The summed E-state index contributed by atoms with van der Waals surface area (Å²) in [5.74, 6) is -1.67. The van der Waals surface area contributed by atoms with Crippen molar-refractivity contribution in [2.45, 2.75) is 44.2 Å². The monoisotopic (exact) mass is 201 g/mol. The van der Waals surface area contributed by atoms with E-state index in [2.05, 4.69) is 5.32 Å². The van der Waals surface area contributed by atoms with Crippen molar-refractivity contribution in [3.63, 3.8) is 0 Å². The largest absolute Gasteiger partial charge is 0.481 e. The number of aliphatic carboxylic acids is 2. The van der Waals surface area contributed by atoms with Gasteiger partial charge in [-0.05, 0) is 25.7 Å². The smallest absolute Gasteiger partial charge is 0.320 e. The van der Waals surface area contributed by atoms with Crippen LogP contribution in [0.3, 0.4) is 0 Å². The molecular weight excluding hydrogens is 186 g/mol. The lowest BCUT2D eigenvalue weighted by molar-refractivity contribution is -0.140. The zero-order chi connectivity index (χ0) is 10.6. The van der Waals surface area contributed by atoms with Crippen LogP contribution in [0.4, 0.5) is 0 Å². The van der Waals surface area contributed by atoms with E-state index in [0.717, 1.165) is 12.8 Å². The lowest BCUT2D eigenvalue weighted by Crippen LogP contribution is -2.46. The molecule has 1 fully saturated rings. The average Bonchev–Trinajstić information content (AvgIpc) is 2.15. The number of carbonyl (C=O) groups is 2. The fourth-order valence-electron chi connectivity index (χ4n) is 1.74. The van der Waals surface area contributed by atoms with Crippen LogP contribution < -0.4 is 5.32 Å². The predicted octanol–water partition coefficient (Wildman–Crippen LogP) is 0.446. The molecule has 1 aliphatic rings. The lowest BCUT2D eigenvalue weighted by Gasteiger charge is -2.28. The Balaban J connectivity index is 2.32. The second-order valence-electron chi connectivity index (χ2n) is 3.62. The van der Waals surface area contributed by atoms with Gasteiger partial charge in [0.1, 0.15) is 6.04 Å². The van der Waals surface area contributed by atoms with Crippen molar-refractivity contribution >= 4 is 11.9 Å². The van der Waals surface area contributed by atoms with Gasteiger partial charge in [0.25, 0.3) is 0 Å². The van der Waals surface area contributed by atoms with Crippen LogP contribution in [0.1, 0.15) is 32.1 Å². The van der Waals surface area contributed by atoms with E-state index in [9.17, 15) is 9.59 Å². The molecule has 0 aromatic rings. The first-order valence-electron chi connectivity index (χ1n) is 4.80. The molecule has 1 saturated heterocycles. The van der Waals surface area contributed by atoms with Crippen LogP contribution >= 0.6 is 0 Å². The third kappa shape index (κ3) is 3.33. The fourth-order valence-corrected chi connectivity index (χ4v) is 1.74. The second-order valence-corrected chi connectivity index (χ2v) is 3.62. The normalized spacial score (nSPS) is 27.1. The first-order valence-corrected chi connectivity index (χ1v) is 4.80. The highest BCUT2D eigenvalue weighted by atomic mass is 16.4. The molecule has 1 heterocycles. The van der Waals surface area contributed by atoms with Crippen LogP contribution in [0.2, 0.25) is 0 Å². The van der Waals surface area contributed by atoms with Gasteiger partial charge in [0.05, 0.1) is 0 Å². The SMILES string of the molecule is O=C(O)CCC1CCCC(C(=O)O)N1. The van der Waals surface area contributed by atoms with Gasteiger partial charge in [-0.15, -0.1) is 0 Å². The minimum Gasteiger partial charge on any atom is -0.481 e. The molecule has 14 heavy (non-hydrogen) atoms. The number of nitrogens with one attached hydrogen (secondary N) is 1. The van der Waals surface area contributed by atoms with Gasteiger partial charge in [-0.3, -0.25) is 9.59 Å². The van der Waals surface area contributed by atoms with Gasteiger partial charge in [0.15, 0.2) is 0 Å². The van der Waals surface area contributed by atoms with Crippen molar-refractivity contribution in [3.8, 4) is 0 Å². The zero-order valence-corrected chi connectivity index (χ0v) is 7.90. The van der Waals surface area contributed by atoms with Crippen molar-refractivity contribution in [2.24, 2.45) is 0 Å². The molecule has 0 aromatic carbocycles.